The van der Waals surface area contributed by atoms with E-state index in [0.717, 1.165) is 29.5 Å². The molecule has 228 valence electrons. The predicted octanol–water partition coefficient (Wildman–Crippen LogP) is 3.98. The van der Waals surface area contributed by atoms with E-state index in [1.54, 1.807) is 31.2 Å². The van der Waals surface area contributed by atoms with E-state index in [1.165, 1.54) is 18.3 Å². The fraction of sp³-hybridized carbons (Fsp3) is 0.484. The molecule has 1 rings (SSSR count). The summed E-state index contributed by atoms with van der Waals surface area (Å²) >= 11 is 0. The maximum Gasteiger partial charge on any atom is 0.268 e. The van der Waals surface area contributed by atoms with Crippen LogP contribution in [-0.2, 0) is 10.2 Å². The number of unbranched alkanes of at least 4 members (excludes halogenated alkanes) is 1. The largest absolute Gasteiger partial charge is 0.490 e. The molecule has 0 heterocycles. The number of ether oxygens (including phenoxy) is 1. The van der Waals surface area contributed by atoms with E-state index in [4.69, 9.17) is 16.3 Å². The van der Waals surface area contributed by atoms with Crippen LogP contribution in [0.2, 0.25) is 0 Å². The zero-order chi connectivity index (χ0) is 31.5. The van der Waals surface area contributed by atoms with Gasteiger partial charge in [0.15, 0.2) is 5.75 Å². The Morgan fingerprint density at radius 1 is 1.17 bits per heavy atom. The predicted molar refractivity (Wildman–Crippen MR) is 164 cm³/mol. The van der Waals surface area contributed by atoms with Gasteiger partial charge in [-0.2, -0.15) is 5.48 Å². The molecular formula is C31H51N6O4+. The van der Waals surface area contributed by atoms with Crippen LogP contribution in [0.5, 0.6) is 5.75 Å². The Bertz CT molecular complexity index is 1200. The zero-order valence-corrected chi connectivity index (χ0v) is 26.4. The van der Waals surface area contributed by atoms with Crippen LogP contribution in [0.4, 0.5) is 5.69 Å². The molecule has 41 heavy (non-hydrogen) atoms. The van der Waals surface area contributed by atoms with E-state index < -0.39 is 11.8 Å². The third kappa shape index (κ3) is 11.1. The minimum Gasteiger partial charge on any atom is -0.490 e. The quantitative estimate of drug-likeness (QED) is 0.0727. The van der Waals surface area contributed by atoms with Crippen LogP contribution < -0.4 is 32.4 Å². The maximum absolute atomic E-state index is 13.6. The van der Waals surface area contributed by atoms with Crippen LogP contribution >= 0.6 is 0 Å². The maximum atomic E-state index is 13.6. The summed E-state index contributed by atoms with van der Waals surface area (Å²) in [5.74, 6) is 5.82. The van der Waals surface area contributed by atoms with Gasteiger partial charge in [-0.05, 0) is 54.4 Å². The Balaban J connectivity index is 3.50. The molecule has 0 bridgehead atoms. The van der Waals surface area contributed by atoms with Crippen molar-refractivity contribution in [1.82, 2.24) is 15.6 Å². The highest BCUT2D eigenvalue weighted by atomic mass is 16.5. The molecule has 2 amide bonds. The number of hydrogen-bond donors (Lipinski definition) is 6. The third-order valence-corrected chi connectivity index (χ3v) is 6.17. The number of nitrogens with one attached hydrogen (secondary N) is 2. The first-order chi connectivity index (χ1) is 19.0. The topological polar surface area (TPSA) is 160 Å². The van der Waals surface area contributed by atoms with Crippen molar-refractivity contribution in [1.29, 1.82) is 0 Å². The summed E-state index contributed by atoms with van der Waals surface area (Å²) in [7, 11) is 1.45. The Morgan fingerprint density at radius 3 is 2.29 bits per heavy atom. The van der Waals surface area contributed by atoms with Crippen LogP contribution in [0.1, 0.15) is 91.1 Å². The molecule has 1 aromatic carbocycles. The molecule has 1 aromatic rings. The molecule has 0 fully saturated rings. The highest BCUT2D eigenvalue weighted by Crippen LogP contribution is 2.33. The van der Waals surface area contributed by atoms with Gasteiger partial charge in [0.05, 0.1) is 18.4 Å². The highest BCUT2D eigenvalue weighted by molar-refractivity contribution is 5.99. The van der Waals surface area contributed by atoms with E-state index >= 15 is 0 Å². The van der Waals surface area contributed by atoms with Gasteiger partial charge < -0.3 is 21.1 Å². The second-order valence-electron chi connectivity index (χ2n) is 12.2. The molecule has 0 aromatic heterocycles. The van der Waals surface area contributed by atoms with Crippen molar-refractivity contribution in [2.75, 3.05) is 13.7 Å². The first-order valence-electron chi connectivity index (χ1n) is 13.8. The zero-order valence-electron chi connectivity index (χ0n) is 26.4. The van der Waals surface area contributed by atoms with Gasteiger partial charge in [0.2, 0.25) is 5.69 Å². The first-order valence-corrected chi connectivity index (χ1v) is 13.8. The number of carbonyl (C=O) groups excluding carboxylic acids is 2. The normalized spacial score (nSPS) is 13.7. The molecule has 0 unspecified atom stereocenters. The van der Waals surface area contributed by atoms with Gasteiger partial charge in [0, 0.05) is 24.5 Å². The average Bonchev–Trinajstić information content (AvgIpc) is 2.90. The number of carbonyl (C=O) groups is 2. The van der Waals surface area contributed by atoms with Crippen LogP contribution in [0.25, 0.3) is 0 Å². The van der Waals surface area contributed by atoms with E-state index in [2.05, 4.69) is 17.6 Å². The molecule has 0 aliphatic heterocycles. The second kappa shape index (κ2) is 15.4. The molecule has 0 aliphatic rings. The van der Waals surface area contributed by atoms with Crippen LogP contribution in [0.3, 0.4) is 0 Å². The lowest BCUT2D eigenvalue weighted by atomic mass is 9.85. The molecule has 0 atom stereocenters. The number of allylic oxidation sites excluding steroid dienone is 4. The number of nitrogens with zero attached hydrogens (tertiary/aromatic N) is 1. The summed E-state index contributed by atoms with van der Waals surface area (Å²) in [6.07, 6.45) is 8.60. The molecule has 0 radical (unpaired) electrons. The van der Waals surface area contributed by atoms with E-state index in [9.17, 15) is 14.8 Å². The number of benzene rings is 1. The van der Waals surface area contributed by atoms with Crippen molar-refractivity contribution in [2.24, 2.45) is 17.0 Å². The molecular weight excluding hydrogens is 520 g/mol. The van der Waals surface area contributed by atoms with Crippen LogP contribution in [0.15, 0.2) is 59.2 Å². The summed E-state index contributed by atoms with van der Waals surface area (Å²) in [5.41, 5.74) is 9.96. The lowest BCUT2D eigenvalue weighted by Gasteiger charge is -2.23. The van der Waals surface area contributed by atoms with Gasteiger partial charge in [-0.1, -0.05) is 67.0 Å². The standard InChI is InChI=1S/C31H50N6O4/c1-11-13-14-20(3)26(37(33)18-24(32)29(39)34-19-30(4,5)6)17-22(12-2)35-28(38)23-15-21(31(7,8)9)16-25(36-40)27(23)41-10/h12,14-18,36,40H,11,13,19,32-33H2,1-10H3,(H,34,39)(H,35,38)/p+1/b20-14+,22-12+,24-18-,26-17+. The number of hydrazine groups is 1. The Morgan fingerprint density at radius 2 is 1.80 bits per heavy atom. The van der Waals surface area contributed by atoms with Crippen LogP contribution in [-0.4, -0.2) is 35.7 Å². The molecule has 0 spiro atoms. The van der Waals surface area contributed by atoms with Crippen molar-refractivity contribution >= 4 is 17.5 Å². The number of nitrogens with two attached hydrogens (primary N) is 3. The van der Waals surface area contributed by atoms with Crippen molar-refractivity contribution in [3.63, 3.8) is 0 Å². The number of methoxy groups -OCH3 is 1. The molecule has 10 nitrogen and oxygen atoms in total. The van der Waals surface area contributed by atoms with Gasteiger partial charge in [0.25, 0.3) is 11.8 Å². The third-order valence-electron chi connectivity index (χ3n) is 6.17. The lowest BCUT2D eigenvalue weighted by Crippen LogP contribution is -2.74. The smallest absolute Gasteiger partial charge is 0.268 e. The van der Waals surface area contributed by atoms with Gasteiger partial charge >= 0.3 is 0 Å². The monoisotopic (exact) mass is 571 g/mol. The van der Waals surface area contributed by atoms with Gasteiger partial charge in [-0.15, -0.1) is 0 Å². The Labute approximate surface area is 245 Å². The minimum absolute atomic E-state index is 0.0477. The van der Waals surface area contributed by atoms with Gasteiger partial charge in [-0.3, -0.25) is 14.6 Å². The number of rotatable bonds is 12. The summed E-state index contributed by atoms with van der Waals surface area (Å²) in [4.78, 5) is 26.1. The van der Waals surface area contributed by atoms with Crippen molar-refractivity contribution in [3.8, 4) is 5.75 Å². The van der Waals surface area contributed by atoms with Gasteiger partial charge in [0.1, 0.15) is 5.70 Å². The molecule has 9 N–H and O–H groups in total. The van der Waals surface area contributed by atoms with E-state index in [0.29, 0.717) is 23.6 Å². The van der Waals surface area contributed by atoms with Crippen molar-refractivity contribution < 1.29 is 25.0 Å². The Kier molecular flexibility index (Phi) is 13.3. The number of quaternary nitrogens is 1. The van der Waals surface area contributed by atoms with Crippen molar-refractivity contribution in [3.05, 3.63) is 70.4 Å². The summed E-state index contributed by atoms with van der Waals surface area (Å²) in [6.45, 7) is 18.3. The molecule has 0 aliphatic carbocycles. The minimum atomic E-state index is -0.424. The van der Waals surface area contributed by atoms with Crippen LogP contribution in [0, 0.1) is 5.41 Å². The number of hydrogen-bond acceptors (Lipinski definition) is 7. The second-order valence-corrected chi connectivity index (χ2v) is 12.2. The first kappa shape index (κ1) is 35.4. The summed E-state index contributed by atoms with van der Waals surface area (Å²) in [5, 5.41) is 16.9. The van der Waals surface area contributed by atoms with E-state index in [-0.39, 0.29) is 27.8 Å². The molecule has 10 heteroatoms. The summed E-state index contributed by atoms with van der Waals surface area (Å²) < 4.78 is 5.50. The van der Waals surface area contributed by atoms with Gasteiger partial charge in [-0.25, -0.2) is 11.0 Å². The fourth-order valence-electron chi connectivity index (χ4n) is 3.70. The van der Waals surface area contributed by atoms with Crippen molar-refractivity contribution in [2.45, 2.75) is 80.6 Å². The van der Waals surface area contributed by atoms with E-state index in [1.807, 2.05) is 54.5 Å². The summed E-state index contributed by atoms with van der Waals surface area (Å²) in [6, 6.07) is 3.56. The fourth-order valence-corrected chi connectivity index (χ4v) is 3.70. The highest BCUT2D eigenvalue weighted by Gasteiger charge is 2.25. The SMILES string of the molecule is C\C=C(/C=C(\C(C)=C\CCC)N(N)/C=C(\N)C(=O)NCC(C)(C)C)NC(=O)c1cc(C(C)(C)C)cc([NH2+]O)c1OC. The number of amides is 2. The molecule has 0 saturated carbocycles. The Hall–Kier alpha value is -3.60. The average molecular weight is 572 g/mol. The molecule has 0 saturated heterocycles. The lowest BCUT2D eigenvalue weighted by molar-refractivity contribution is -0.825.